The number of benzene rings is 4. The number of hydrogen-bond acceptors (Lipinski definition) is 7. The Bertz CT molecular complexity index is 2720. The van der Waals surface area contributed by atoms with Crippen molar-refractivity contribution in [3.63, 3.8) is 0 Å². The van der Waals surface area contributed by atoms with Crippen molar-refractivity contribution in [2.75, 3.05) is 10.2 Å². The van der Waals surface area contributed by atoms with Crippen molar-refractivity contribution in [3.05, 3.63) is 164 Å². The molecule has 1 aliphatic heterocycles. The molecule has 348 valence electrons. The molecule has 0 bridgehead atoms. The minimum Gasteiger partial charge on any atom is -0.350 e. The Morgan fingerprint density at radius 1 is 0.621 bits per heavy atom. The van der Waals surface area contributed by atoms with Gasteiger partial charge in [0.15, 0.2) is 11.4 Å². The number of alkyl halides is 6. The second-order valence-electron chi connectivity index (χ2n) is 16.3. The minimum absolute atomic E-state index is 0.0750. The molecule has 0 aliphatic carbocycles. The van der Waals surface area contributed by atoms with Gasteiger partial charge in [0.2, 0.25) is 0 Å². The van der Waals surface area contributed by atoms with Crippen molar-refractivity contribution in [1.82, 2.24) is 24.9 Å². The van der Waals surface area contributed by atoms with E-state index >= 15 is 0 Å². The van der Waals surface area contributed by atoms with Crippen LogP contribution in [0.1, 0.15) is 114 Å². The van der Waals surface area contributed by atoms with Crippen LogP contribution >= 0.6 is 0 Å². The van der Waals surface area contributed by atoms with Gasteiger partial charge in [0.1, 0.15) is 0 Å². The molecular weight excluding hydrogens is 867 g/mol. The first-order valence-corrected chi connectivity index (χ1v) is 20.7. The van der Waals surface area contributed by atoms with Crippen LogP contribution in [-0.2, 0) is 25.4 Å². The lowest BCUT2D eigenvalue weighted by atomic mass is 10.0. The van der Waals surface area contributed by atoms with Crippen LogP contribution in [0.2, 0.25) is 0 Å². The summed E-state index contributed by atoms with van der Waals surface area (Å²) in [6.07, 6.45) is -9.00. The van der Waals surface area contributed by atoms with Gasteiger partial charge in [0, 0.05) is 23.1 Å². The number of hydrogen-bond donors (Lipinski definition) is 3. The largest absolute Gasteiger partial charge is 0.435 e. The van der Waals surface area contributed by atoms with Gasteiger partial charge in [0.05, 0.1) is 41.0 Å². The fourth-order valence-electron chi connectivity index (χ4n) is 6.81. The molecule has 0 fully saturated rings. The molecule has 0 saturated carbocycles. The van der Waals surface area contributed by atoms with Crippen molar-refractivity contribution in [2.24, 2.45) is 5.73 Å². The molecule has 1 aliphatic rings. The third kappa shape index (κ3) is 12.2. The lowest BCUT2D eigenvalue weighted by Crippen LogP contribution is -2.31. The van der Waals surface area contributed by atoms with E-state index in [-0.39, 0.29) is 48.0 Å². The zero-order chi connectivity index (χ0) is 48.8. The van der Waals surface area contributed by atoms with Crippen LogP contribution in [0, 0.1) is 27.7 Å². The summed E-state index contributed by atoms with van der Waals surface area (Å²) in [5.74, 6) is -1.55. The number of carbonyl (C=O) groups excluding carboxylic acids is 4. The molecule has 4 N–H and O–H groups in total. The van der Waals surface area contributed by atoms with Gasteiger partial charge < -0.3 is 16.4 Å². The van der Waals surface area contributed by atoms with Crippen LogP contribution in [0.15, 0.2) is 97.1 Å². The maximum absolute atomic E-state index is 12.9. The molecule has 0 spiro atoms. The van der Waals surface area contributed by atoms with Gasteiger partial charge in [0.25, 0.3) is 23.6 Å². The van der Waals surface area contributed by atoms with Crippen molar-refractivity contribution >= 4 is 35.0 Å². The normalized spacial score (nSPS) is 12.4. The smallest absolute Gasteiger partial charge is 0.350 e. The van der Waals surface area contributed by atoms with Gasteiger partial charge in [-0.2, -0.15) is 36.5 Å². The summed E-state index contributed by atoms with van der Waals surface area (Å²) in [5.41, 5.74) is 9.08. The predicted molar refractivity (Wildman–Crippen MR) is 238 cm³/mol. The first kappa shape index (κ1) is 49.9. The van der Waals surface area contributed by atoms with Gasteiger partial charge in [-0.1, -0.05) is 62.4 Å². The van der Waals surface area contributed by atoms with Gasteiger partial charge >= 0.3 is 12.4 Å². The monoisotopic (exact) mass is 916 g/mol. The number of rotatable bonds is 9. The van der Waals surface area contributed by atoms with Crippen LogP contribution in [-0.4, -0.2) is 55.3 Å². The predicted octanol–water partition coefficient (Wildman–Crippen LogP) is 9.68. The molecule has 4 amide bonds. The SMILES string of the molecule is CC(C)N.Cc1cc(Cn2nc(C(F)(F)F)cc2C)ccc1N1C(=O)c2ccccc2C1=O.Cc1cc(Cn2nc(C(F)(F)F)cc2C)ccc1NC(=O)c1ccccc1C(=O)NC(C)C. The van der Waals surface area contributed by atoms with Crippen LogP contribution in [0.4, 0.5) is 37.7 Å². The molecule has 7 rings (SSSR count). The topological polar surface area (TPSA) is 157 Å². The molecule has 0 unspecified atom stereocenters. The lowest BCUT2D eigenvalue weighted by Gasteiger charge is -2.17. The molecule has 6 aromatic rings. The number of aromatic nitrogens is 4. The number of nitrogens with one attached hydrogen (secondary N) is 2. The molecule has 12 nitrogen and oxygen atoms in total. The number of amides is 4. The van der Waals surface area contributed by atoms with Gasteiger partial charge in [-0.3, -0.25) is 28.5 Å². The molecule has 0 atom stereocenters. The van der Waals surface area contributed by atoms with Crippen molar-refractivity contribution in [1.29, 1.82) is 0 Å². The van der Waals surface area contributed by atoms with E-state index in [4.69, 9.17) is 5.73 Å². The van der Waals surface area contributed by atoms with E-state index in [2.05, 4.69) is 20.8 Å². The Hall–Kier alpha value is -7.08. The fraction of sp³-hybridized carbons (Fsp3) is 0.292. The molecule has 0 radical (unpaired) electrons. The minimum atomic E-state index is -4.50. The first-order valence-electron chi connectivity index (χ1n) is 20.7. The average Bonchev–Trinajstić information content (AvgIpc) is 3.87. The molecular formula is C48H50F6N8O4. The Kier molecular flexibility index (Phi) is 15.4. The highest BCUT2D eigenvalue weighted by molar-refractivity contribution is 6.34. The third-order valence-electron chi connectivity index (χ3n) is 9.88. The van der Waals surface area contributed by atoms with Crippen LogP contribution in [0.5, 0.6) is 0 Å². The van der Waals surface area contributed by atoms with Crippen LogP contribution in [0.25, 0.3) is 0 Å². The maximum atomic E-state index is 12.9. The van der Waals surface area contributed by atoms with E-state index < -0.39 is 29.6 Å². The summed E-state index contributed by atoms with van der Waals surface area (Å²) in [6.45, 7) is 14.5. The fourth-order valence-corrected chi connectivity index (χ4v) is 6.81. The molecule has 4 aromatic carbocycles. The lowest BCUT2D eigenvalue weighted by molar-refractivity contribution is -0.142. The third-order valence-corrected chi connectivity index (χ3v) is 9.88. The van der Waals surface area contributed by atoms with Crippen molar-refractivity contribution in [3.8, 4) is 0 Å². The van der Waals surface area contributed by atoms with Gasteiger partial charge in [-0.25, -0.2) is 4.90 Å². The van der Waals surface area contributed by atoms with Crippen LogP contribution < -0.4 is 21.3 Å². The van der Waals surface area contributed by atoms with E-state index in [0.717, 1.165) is 28.2 Å². The summed E-state index contributed by atoms with van der Waals surface area (Å²) in [6, 6.07) is 25.7. The number of halogens is 6. The van der Waals surface area contributed by atoms with Gasteiger partial charge in [-0.05, 0) is 118 Å². The summed E-state index contributed by atoms with van der Waals surface area (Å²) in [4.78, 5) is 51.8. The molecule has 3 heterocycles. The molecule has 0 saturated heterocycles. The average molecular weight is 917 g/mol. The van der Waals surface area contributed by atoms with E-state index in [0.29, 0.717) is 51.1 Å². The highest BCUT2D eigenvalue weighted by Crippen LogP contribution is 2.33. The maximum Gasteiger partial charge on any atom is 0.435 e. The summed E-state index contributed by atoms with van der Waals surface area (Å²) in [7, 11) is 0. The second-order valence-corrected chi connectivity index (χ2v) is 16.3. The molecule has 18 heteroatoms. The number of carbonyl (C=O) groups is 4. The van der Waals surface area contributed by atoms with Gasteiger partial charge in [-0.15, -0.1) is 0 Å². The number of imide groups is 1. The molecule has 2 aromatic heterocycles. The van der Waals surface area contributed by atoms with E-state index in [1.807, 2.05) is 27.7 Å². The summed E-state index contributed by atoms with van der Waals surface area (Å²) < 4.78 is 79.8. The zero-order valence-corrected chi connectivity index (χ0v) is 37.5. The van der Waals surface area contributed by atoms with Crippen LogP contribution in [0.3, 0.4) is 0 Å². The summed E-state index contributed by atoms with van der Waals surface area (Å²) in [5, 5.41) is 12.9. The highest BCUT2D eigenvalue weighted by Gasteiger charge is 2.38. The Morgan fingerprint density at radius 2 is 1.05 bits per heavy atom. The highest BCUT2D eigenvalue weighted by atomic mass is 19.4. The Balaban J connectivity index is 0.000000230. The van der Waals surface area contributed by atoms with E-state index in [1.54, 1.807) is 113 Å². The summed E-state index contributed by atoms with van der Waals surface area (Å²) >= 11 is 0. The standard InChI is InChI=1S/C24H25F3N4O2.C21H16F3N3O2.C3H9N/c1-14(2)28-22(32)18-7-5-6-8-19(18)23(33)29-20-10-9-17(11-15(20)3)13-31-16(4)12-21(30-31)24(25,26)27;1-12-9-14(11-26-13(2)10-18(25-26)21(22,23)24)7-8-17(12)27-19(28)15-5-3-4-6-16(15)20(27)29;1-3(2)4/h5-12,14H,13H2,1-4H3,(H,28,32)(H,29,33);3-10H,11H2,1-2H3;3H,4H2,1-2H3. The van der Waals surface area contributed by atoms with Crippen molar-refractivity contribution < 1.29 is 45.5 Å². The van der Waals surface area contributed by atoms with E-state index in [9.17, 15) is 45.5 Å². The number of nitrogens with zero attached hydrogens (tertiary/aromatic N) is 5. The number of aryl methyl sites for hydroxylation is 4. The number of nitrogens with two attached hydrogens (primary N) is 1. The first-order chi connectivity index (χ1) is 30.8. The number of fused-ring (bicyclic) bond motifs is 1. The number of anilines is 2. The Morgan fingerprint density at radius 3 is 1.45 bits per heavy atom. The Labute approximate surface area is 377 Å². The second kappa shape index (κ2) is 20.4. The zero-order valence-electron chi connectivity index (χ0n) is 37.5. The quantitative estimate of drug-likeness (QED) is 0.0963. The molecule has 66 heavy (non-hydrogen) atoms. The van der Waals surface area contributed by atoms with Crippen molar-refractivity contribution in [2.45, 2.75) is 92.9 Å². The van der Waals surface area contributed by atoms with E-state index in [1.165, 1.54) is 9.36 Å².